The molecule has 1 saturated heterocycles. The summed E-state index contributed by atoms with van der Waals surface area (Å²) in [5.74, 6) is -5.49. The van der Waals surface area contributed by atoms with E-state index in [0.717, 1.165) is 5.56 Å². The number of hydrogen-bond acceptors (Lipinski definition) is 6. The van der Waals surface area contributed by atoms with Crippen LogP contribution in [0.15, 0.2) is 34.9 Å². The molecule has 8 heteroatoms. The summed E-state index contributed by atoms with van der Waals surface area (Å²) in [5.41, 5.74) is 0.852. The van der Waals surface area contributed by atoms with E-state index in [1.165, 1.54) is 4.90 Å². The molecule has 0 aliphatic carbocycles. The molecule has 1 aliphatic heterocycles. The molecular weight excluding hydrogens is 320 g/mol. The molecule has 0 bridgehead atoms. The van der Waals surface area contributed by atoms with Gasteiger partial charge in [-0.2, -0.15) is 13.8 Å². The van der Waals surface area contributed by atoms with Gasteiger partial charge in [0, 0.05) is 24.9 Å². The summed E-state index contributed by atoms with van der Waals surface area (Å²) in [6, 6.07) is 9.40. The van der Waals surface area contributed by atoms with Crippen LogP contribution in [0, 0.1) is 0 Å². The topological polar surface area (TPSA) is 82.6 Å². The summed E-state index contributed by atoms with van der Waals surface area (Å²) >= 11 is 0. The third-order valence-corrected chi connectivity index (χ3v) is 4.15. The Labute approximate surface area is 137 Å². The van der Waals surface area contributed by atoms with Gasteiger partial charge in [0.2, 0.25) is 17.5 Å². The van der Waals surface area contributed by atoms with Crippen molar-refractivity contribution in [1.82, 2.24) is 15.0 Å². The van der Waals surface area contributed by atoms with Crippen LogP contribution in [-0.2, 0) is 6.42 Å². The summed E-state index contributed by atoms with van der Waals surface area (Å²) in [6.45, 7) is -0.0600. The highest BCUT2D eigenvalue weighted by molar-refractivity contribution is 5.53. The van der Waals surface area contributed by atoms with Crippen LogP contribution >= 0.6 is 0 Å². The first-order valence-corrected chi connectivity index (χ1v) is 7.80. The predicted octanol–water partition coefficient (Wildman–Crippen LogP) is 1.69. The first-order valence-electron chi connectivity index (χ1n) is 7.80. The standard InChI is InChI=1S/C16H19F2N3O3/c17-15(18)11-21(10-8-16(15,22)23)9-4-7-13-19-14(20-24-13)12-5-2-1-3-6-12/h1-3,5-6,22-23H,4,7-11H2. The summed E-state index contributed by atoms with van der Waals surface area (Å²) in [4.78, 5) is 5.80. The third kappa shape index (κ3) is 3.61. The van der Waals surface area contributed by atoms with Crippen molar-refractivity contribution in [2.45, 2.75) is 31.0 Å². The number of benzene rings is 1. The lowest BCUT2D eigenvalue weighted by Gasteiger charge is -2.40. The Kier molecular flexibility index (Phi) is 4.62. The maximum atomic E-state index is 13.6. The minimum atomic E-state index is -3.53. The van der Waals surface area contributed by atoms with Gasteiger partial charge in [0.25, 0.3) is 0 Å². The number of alkyl halides is 2. The van der Waals surface area contributed by atoms with E-state index in [9.17, 15) is 19.0 Å². The van der Waals surface area contributed by atoms with E-state index in [1.54, 1.807) is 0 Å². The number of hydrogen-bond donors (Lipinski definition) is 2. The van der Waals surface area contributed by atoms with E-state index in [1.807, 2.05) is 30.3 Å². The number of piperidine rings is 1. The van der Waals surface area contributed by atoms with Crippen molar-refractivity contribution in [2.75, 3.05) is 19.6 Å². The van der Waals surface area contributed by atoms with Crippen LogP contribution in [0.25, 0.3) is 11.4 Å². The number of aromatic nitrogens is 2. The fourth-order valence-corrected chi connectivity index (χ4v) is 2.69. The highest BCUT2D eigenvalue weighted by Crippen LogP contribution is 2.34. The fourth-order valence-electron chi connectivity index (χ4n) is 2.69. The van der Waals surface area contributed by atoms with Crippen molar-refractivity contribution < 1.29 is 23.5 Å². The SMILES string of the molecule is OC1(O)CCN(CCCc2nc(-c3ccccc3)no2)CC1(F)F. The van der Waals surface area contributed by atoms with Crippen molar-refractivity contribution in [3.63, 3.8) is 0 Å². The molecule has 0 radical (unpaired) electrons. The first kappa shape index (κ1) is 16.9. The molecule has 1 aromatic heterocycles. The Morgan fingerprint density at radius 3 is 2.67 bits per heavy atom. The number of likely N-dealkylation sites (tertiary alicyclic amines) is 1. The average molecular weight is 339 g/mol. The first-order chi connectivity index (χ1) is 11.4. The van der Waals surface area contributed by atoms with Crippen molar-refractivity contribution in [1.29, 1.82) is 0 Å². The number of aliphatic hydroxyl groups is 2. The van der Waals surface area contributed by atoms with Gasteiger partial charge in [-0.1, -0.05) is 35.5 Å². The second-order valence-electron chi connectivity index (χ2n) is 6.03. The van der Waals surface area contributed by atoms with E-state index in [4.69, 9.17) is 4.52 Å². The smallest absolute Gasteiger partial charge is 0.312 e. The summed E-state index contributed by atoms with van der Waals surface area (Å²) in [5, 5.41) is 22.5. The van der Waals surface area contributed by atoms with Crippen LogP contribution in [0.4, 0.5) is 8.78 Å². The average Bonchev–Trinajstić information content (AvgIpc) is 3.01. The van der Waals surface area contributed by atoms with Crippen molar-refractivity contribution in [2.24, 2.45) is 0 Å². The molecule has 0 saturated carbocycles. The van der Waals surface area contributed by atoms with Crippen molar-refractivity contribution in [3.05, 3.63) is 36.2 Å². The second kappa shape index (κ2) is 6.54. The monoisotopic (exact) mass is 339 g/mol. The van der Waals surface area contributed by atoms with Crippen LogP contribution in [0.5, 0.6) is 0 Å². The predicted molar refractivity (Wildman–Crippen MR) is 81.2 cm³/mol. The van der Waals surface area contributed by atoms with Gasteiger partial charge in [0.05, 0.1) is 6.54 Å². The van der Waals surface area contributed by atoms with Gasteiger partial charge in [0.15, 0.2) is 0 Å². The Morgan fingerprint density at radius 1 is 1.21 bits per heavy atom. The van der Waals surface area contributed by atoms with E-state index in [2.05, 4.69) is 10.1 Å². The van der Waals surface area contributed by atoms with Crippen LogP contribution < -0.4 is 0 Å². The van der Waals surface area contributed by atoms with Gasteiger partial charge < -0.3 is 14.7 Å². The van der Waals surface area contributed by atoms with Gasteiger partial charge in [-0.05, 0) is 13.0 Å². The van der Waals surface area contributed by atoms with Gasteiger partial charge in [0.1, 0.15) is 0 Å². The molecule has 1 fully saturated rings. The lowest BCUT2D eigenvalue weighted by Crippen LogP contribution is -2.60. The van der Waals surface area contributed by atoms with Crippen LogP contribution in [-0.4, -0.2) is 56.6 Å². The largest absolute Gasteiger partial charge is 0.361 e. The Balaban J connectivity index is 1.50. The molecule has 1 aromatic carbocycles. The van der Waals surface area contributed by atoms with E-state index < -0.39 is 18.3 Å². The van der Waals surface area contributed by atoms with E-state index in [0.29, 0.717) is 31.1 Å². The molecular formula is C16H19F2N3O3. The van der Waals surface area contributed by atoms with Gasteiger partial charge in [-0.3, -0.25) is 4.90 Å². The zero-order valence-electron chi connectivity index (χ0n) is 13.0. The lowest BCUT2D eigenvalue weighted by molar-refractivity contribution is -0.317. The molecule has 24 heavy (non-hydrogen) atoms. The van der Waals surface area contributed by atoms with Crippen molar-refractivity contribution in [3.8, 4) is 11.4 Å². The lowest BCUT2D eigenvalue weighted by atomic mass is 9.99. The normalized spacial score (nSPS) is 20.2. The molecule has 2 N–H and O–H groups in total. The number of nitrogens with zero attached hydrogens (tertiary/aromatic N) is 3. The minimum absolute atomic E-state index is 0.210. The van der Waals surface area contributed by atoms with Crippen molar-refractivity contribution >= 4 is 0 Å². The van der Waals surface area contributed by atoms with E-state index >= 15 is 0 Å². The third-order valence-electron chi connectivity index (χ3n) is 4.15. The molecule has 0 atom stereocenters. The molecule has 0 amide bonds. The summed E-state index contributed by atoms with van der Waals surface area (Å²) in [7, 11) is 0. The molecule has 0 unspecified atom stereocenters. The van der Waals surface area contributed by atoms with Gasteiger partial charge in [-0.25, -0.2) is 0 Å². The quantitative estimate of drug-likeness (QED) is 0.807. The summed E-state index contributed by atoms with van der Waals surface area (Å²) in [6.07, 6.45) is 0.667. The zero-order chi connectivity index (χ0) is 17.2. The number of halogens is 2. The molecule has 130 valence electrons. The molecule has 0 spiro atoms. The zero-order valence-corrected chi connectivity index (χ0v) is 13.0. The molecule has 3 rings (SSSR count). The van der Waals surface area contributed by atoms with Gasteiger partial charge >= 0.3 is 5.92 Å². The number of aryl methyl sites for hydroxylation is 1. The Morgan fingerprint density at radius 2 is 1.96 bits per heavy atom. The Hall–Kier alpha value is -1.90. The highest BCUT2D eigenvalue weighted by Gasteiger charge is 2.55. The van der Waals surface area contributed by atoms with Crippen LogP contribution in [0.3, 0.4) is 0 Å². The molecule has 2 aromatic rings. The highest BCUT2D eigenvalue weighted by atomic mass is 19.3. The maximum Gasteiger partial charge on any atom is 0.312 e. The van der Waals surface area contributed by atoms with Gasteiger partial charge in [-0.15, -0.1) is 0 Å². The second-order valence-corrected chi connectivity index (χ2v) is 6.03. The summed E-state index contributed by atoms with van der Waals surface area (Å²) < 4.78 is 32.4. The molecule has 6 nitrogen and oxygen atoms in total. The maximum absolute atomic E-state index is 13.6. The van der Waals surface area contributed by atoms with Crippen LogP contribution in [0.2, 0.25) is 0 Å². The molecule has 2 heterocycles. The fraction of sp³-hybridized carbons (Fsp3) is 0.500. The Bertz CT molecular complexity index is 676. The van der Waals surface area contributed by atoms with E-state index in [-0.39, 0.29) is 13.0 Å². The molecule has 1 aliphatic rings. The van der Waals surface area contributed by atoms with Crippen LogP contribution in [0.1, 0.15) is 18.7 Å². The minimum Gasteiger partial charge on any atom is -0.361 e. The number of rotatable bonds is 5.